The fraction of sp³-hybridized carbons (Fsp3) is 0.267. The van der Waals surface area contributed by atoms with Crippen molar-refractivity contribution in [3.63, 3.8) is 0 Å². The Morgan fingerprint density at radius 2 is 1.32 bits per heavy atom. The maximum absolute atomic E-state index is 11.1. The monoisotopic (exact) mass is 453 g/mol. The van der Waals surface area contributed by atoms with Gasteiger partial charge in [-0.3, -0.25) is 5.43 Å². The molecule has 0 aliphatic carbocycles. The van der Waals surface area contributed by atoms with E-state index in [1.807, 2.05) is 84.9 Å². The molecule has 0 atom stereocenters. The van der Waals surface area contributed by atoms with Crippen LogP contribution in [-0.2, 0) is 10.8 Å². The molecule has 4 heteroatoms. The highest BCUT2D eigenvalue weighted by molar-refractivity contribution is 6.01. The van der Waals surface area contributed by atoms with Gasteiger partial charge in [0.25, 0.3) is 0 Å². The summed E-state index contributed by atoms with van der Waals surface area (Å²) >= 11 is 0. The quantitative estimate of drug-likeness (QED) is 0.241. The van der Waals surface area contributed by atoms with Crippen LogP contribution < -0.4 is 5.43 Å². The molecule has 3 aromatic carbocycles. The predicted octanol–water partition coefficient (Wildman–Crippen LogP) is 7.35. The number of nitrogens with zero attached hydrogens (tertiary/aromatic N) is 2. The van der Waals surface area contributed by atoms with Gasteiger partial charge in [0.1, 0.15) is 5.75 Å². The fourth-order valence-corrected chi connectivity index (χ4v) is 3.56. The highest BCUT2D eigenvalue weighted by atomic mass is 16.3. The topological polar surface area (TPSA) is 57.0 Å². The lowest BCUT2D eigenvalue weighted by molar-refractivity contribution is 0.423. The van der Waals surface area contributed by atoms with Gasteiger partial charge in [0.05, 0.1) is 5.69 Å². The van der Waals surface area contributed by atoms with E-state index >= 15 is 0 Å². The third kappa shape index (κ3) is 6.67. The van der Waals surface area contributed by atoms with Gasteiger partial charge in [-0.05, 0) is 46.7 Å². The van der Waals surface area contributed by atoms with Crippen LogP contribution in [0.15, 0.2) is 89.0 Å². The van der Waals surface area contributed by atoms with Crippen molar-refractivity contribution >= 4 is 23.8 Å². The lowest BCUT2D eigenvalue weighted by Crippen LogP contribution is -2.23. The average Bonchev–Trinajstić information content (AvgIpc) is 2.78. The summed E-state index contributed by atoms with van der Waals surface area (Å²) in [6, 6.07) is 23.9. The Balaban J connectivity index is 2.03. The van der Waals surface area contributed by atoms with Crippen molar-refractivity contribution < 1.29 is 5.11 Å². The third-order valence-corrected chi connectivity index (χ3v) is 5.42. The zero-order valence-corrected chi connectivity index (χ0v) is 21.0. The highest BCUT2D eigenvalue weighted by Crippen LogP contribution is 2.40. The van der Waals surface area contributed by atoms with Crippen LogP contribution in [0.5, 0.6) is 5.75 Å². The van der Waals surface area contributed by atoms with Gasteiger partial charge in [0.15, 0.2) is 5.84 Å². The second-order valence-electron chi connectivity index (χ2n) is 10.4. The fourth-order valence-electron chi connectivity index (χ4n) is 3.56. The van der Waals surface area contributed by atoms with Gasteiger partial charge < -0.3 is 5.11 Å². The zero-order valence-electron chi connectivity index (χ0n) is 21.0. The van der Waals surface area contributed by atoms with Gasteiger partial charge in [-0.25, -0.2) is 4.99 Å². The van der Waals surface area contributed by atoms with Crippen molar-refractivity contribution in [1.29, 1.82) is 0 Å². The smallest absolute Gasteiger partial charge is 0.154 e. The summed E-state index contributed by atoms with van der Waals surface area (Å²) in [6.45, 7) is 12.6. The normalized spacial score (nSPS) is 13.1. The first-order chi connectivity index (χ1) is 16.1. The number of aliphatic imine (C=N–C) groups is 1. The SMILES string of the molecule is CC(C)(C)c1cc(C(=Nc2ccccc2)NN=CC=Cc2ccccc2)cc(C(C)(C)C)c1O. The molecule has 0 spiro atoms. The van der Waals surface area contributed by atoms with Crippen LogP contribution in [-0.4, -0.2) is 17.2 Å². The van der Waals surface area contributed by atoms with E-state index < -0.39 is 0 Å². The molecular formula is C30H35N3O. The second-order valence-corrected chi connectivity index (χ2v) is 10.4. The Labute approximate surface area is 203 Å². The first kappa shape index (κ1) is 25.0. The average molecular weight is 454 g/mol. The molecule has 34 heavy (non-hydrogen) atoms. The van der Waals surface area contributed by atoms with Gasteiger partial charge in [-0.15, -0.1) is 0 Å². The van der Waals surface area contributed by atoms with E-state index in [1.165, 1.54) is 0 Å². The molecule has 0 amide bonds. The number of hydrogen-bond acceptors (Lipinski definition) is 3. The van der Waals surface area contributed by atoms with Crippen LogP contribution in [0.25, 0.3) is 6.08 Å². The molecule has 0 aliphatic rings. The Bertz CT molecular complexity index is 1140. The molecule has 0 aromatic heterocycles. The molecule has 3 aromatic rings. The molecule has 2 N–H and O–H groups in total. The Morgan fingerprint density at radius 3 is 1.85 bits per heavy atom. The molecule has 0 unspecified atom stereocenters. The Hall–Kier alpha value is -3.66. The minimum Gasteiger partial charge on any atom is -0.507 e. The van der Waals surface area contributed by atoms with Gasteiger partial charge in [0, 0.05) is 22.9 Å². The van der Waals surface area contributed by atoms with E-state index in [2.05, 4.69) is 52.1 Å². The molecule has 0 bridgehead atoms. The minimum atomic E-state index is -0.236. The lowest BCUT2D eigenvalue weighted by atomic mass is 9.78. The summed E-state index contributed by atoms with van der Waals surface area (Å²) < 4.78 is 0. The second kappa shape index (κ2) is 10.5. The van der Waals surface area contributed by atoms with E-state index in [4.69, 9.17) is 4.99 Å². The molecule has 0 saturated heterocycles. The molecule has 0 radical (unpaired) electrons. The van der Waals surface area contributed by atoms with E-state index in [0.29, 0.717) is 11.6 Å². The van der Waals surface area contributed by atoms with Crippen LogP contribution in [0.1, 0.15) is 63.8 Å². The predicted molar refractivity (Wildman–Crippen MR) is 145 cm³/mol. The van der Waals surface area contributed by atoms with Crippen molar-refractivity contribution in [2.24, 2.45) is 10.1 Å². The number of amidine groups is 1. The summed E-state index contributed by atoms with van der Waals surface area (Å²) in [5.41, 5.74) is 7.23. The lowest BCUT2D eigenvalue weighted by Gasteiger charge is -2.28. The Morgan fingerprint density at radius 1 is 0.794 bits per heavy atom. The summed E-state index contributed by atoms with van der Waals surface area (Å²) in [5, 5.41) is 15.5. The van der Waals surface area contributed by atoms with E-state index in [-0.39, 0.29) is 10.8 Å². The van der Waals surface area contributed by atoms with Crippen LogP contribution in [0.3, 0.4) is 0 Å². The number of aromatic hydroxyl groups is 1. The first-order valence-electron chi connectivity index (χ1n) is 11.6. The molecule has 0 saturated carbocycles. The van der Waals surface area contributed by atoms with Gasteiger partial charge in [-0.2, -0.15) is 5.10 Å². The molecular weight excluding hydrogens is 418 g/mol. The maximum Gasteiger partial charge on any atom is 0.154 e. The van der Waals surface area contributed by atoms with Crippen LogP contribution in [0.2, 0.25) is 0 Å². The van der Waals surface area contributed by atoms with Crippen molar-refractivity contribution in [3.8, 4) is 5.75 Å². The minimum absolute atomic E-state index is 0.236. The van der Waals surface area contributed by atoms with Gasteiger partial charge in [-0.1, -0.05) is 96.1 Å². The van der Waals surface area contributed by atoms with Crippen LogP contribution in [0, 0.1) is 0 Å². The van der Waals surface area contributed by atoms with Crippen molar-refractivity contribution in [2.75, 3.05) is 0 Å². The van der Waals surface area contributed by atoms with Crippen LogP contribution >= 0.6 is 0 Å². The van der Waals surface area contributed by atoms with Gasteiger partial charge >= 0.3 is 0 Å². The zero-order chi connectivity index (χ0) is 24.8. The number of rotatable bonds is 5. The summed E-state index contributed by atoms with van der Waals surface area (Å²) in [4.78, 5) is 4.85. The number of allylic oxidation sites excluding steroid dienone is 1. The number of hydrogen-bond donors (Lipinski definition) is 2. The number of phenols is 1. The molecule has 0 heterocycles. The Kier molecular flexibility index (Phi) is 7.72. The number of benzene rings is 3. The number of phenolic OH excluding ortho intramolecular Hbond substituents is 1. The summed E-state index contributed by atoms with van der Waals surface area (Å²) in [7, 11) is 0. The van der Waals surface area contributed by atoms with E-state index in [9.17, 15) is 5.11 Å². The summed E-state index contributed by atoms with van der Waals surface area (Å²) in [6.07, 6.45) is 5.60. The molecule has 0 fully saturated rings. The standard InChI is InChI=1S/C30H35N3O/c1-29(2,3)25-20-23(21-26(27(25)34)30(4,5)6)28(32-24-17-11-8-12-18-24)33-31-19-13-16-22-14-9-7-10-15-22/h7-21,34H,1-6H3,(H,32,33). The molecule has 4 nitrogen and oxygen atoms in total. The van der Waals surface area contributed by atoms with E-state index in [0.717, 1.165) is 27.9 Å². The first-order valence-corrected chi connectivity index (χ1v) is 11.6. The highest BCUT2D eigenvalue weighted by Gasteiger charge is 2.27. The molecule has 3 rings (SSSR count). The summed E-state index contributed by atoms with van der Waals surface area (Å²) in [5.74, 6) is 0.962. The van der Waals surface area contributed by atoms with Crippen LogP contribution in [0.4, 0.5) is 5.69 Å². The van der Waals surface area contributed by atoms with Crippen molar-refractivity contribution in [1.82, 2.24) is 5.43 Å². The largest absolute Gasteiger partial charge is 0.507 e. The van der Waals surface area contributed by atoms with Gasteiger partial charge in [0.2, 0.25) is 0 Å². The molecule has 0 aliphatic heterocycles. The molecule has 176 valence electrons. The maximum atomic E-state index is 11.1. The number of hydrazone groups is 1. The third-order valence-electron chi connectivity index (χ3n) is 5.42. The van der Waals surface area contributed by atoms with Crippen molar-refractivity contribution in [3.05, 3.63) is 101 Å². The number of para-hydroxylation sites is 1. The van der Waals surface area contributed by atoms with E-state index in [1.54, 1.807) is 6.21 Å². The van der Waals surface area contributed by atoms with Crippen molar-refractivity contribution in [2.45, 2.75) is 52.4 Å². The number of nitrogens with one attached hydrogen (secondary N) is 1.